The van der Waals surface area contributed by atoms with Crippen molar-refractivity contribution in [2.45, 2.75) is 19.8 Å². The van der Waals surface area contributed by atoms with Crippen LogP contribution >= 0.6 is 11.9 Å². The minimum Gasteiger partial charge on any atom is -0.264 e. The molecule has 1 N–H and O–H groups in total. The quantitative estimate of drug-likeness (QED) is 0.609. The Bertz CT molecular complexity index is 79.0. The zero-order valence-corrected chi connectivity index (χ0v) is 7.00. The van der Waals surface area contributed by atoms with Gasteiger partial charge in [-0.25, -0.2) is 0 Å². The van der Waals surface area contributed by atoms with Crippen LogP contribution in [0.5, 0.6) is 0 Å². The second-order valence-corrected chi connectivity index (χ2v) is 3.69. The Balaban J connectivity index is 1.91. The van der Waals surface area contributed by atoms with Crippen LogP contribution < -0.4 is 4.72 Å². The summed E-state index contributed by atoms with van der Waals surface area (Å²) in [7, 11) is 0. The zero-order valence-electron chi connectivity index (χ0n) is 6.18. The van der Waals surface area contributed by atoms with Gasteiger partial charge in [-0.3, -0.25) is 4.72 Å². The molecule has 2 heteroatoms. The topological polar surface area (TPSA) is 12.0 Å². The first-order valence-corrected chi connectivity index (χ1v) is 4.81. The molecule has 0 spiro atoms. The maximum atomic E-state index is 3.29. The predicted molar refractivity (Wildman–Crippen MR) is 43.4 cm³/mol. The lowest BCUT2D eigenvalue weighted by Crippen LogP contribution is -2.28. The molecule has 0 amide bonds. The summed E-state index contributed by atoms with van der Waals surface area (Å²) in [4.78, 5) is 0. The third-order valence-corrected chi connectivity index (χ3v) is 2.44. The number of hydrogen-bond donors (Lipinski definition) is 1. The number of nitrogens with one attached hydrogen (secondary N) is 1. The van der Waals surface area contributed by atoms with Crippen LogP contribution in [-0.2, 0) is 0 Å². The summed E-state index contributed by atoms with van der Waals surface area (Å²) < 4.78 is 3.29. The highest BCUT2D eigenvalue weighted by Crippen LogP contribution is 2.32. The summed E-state index contributed by atoms with van der Waals surface area (Å²) in [5, 5.41) is 0. The van der Waals surface area contributed by atoms with Gasteiger partial charge in [-0.1, -0.05) is 18.9 Å². The summed E-state index contributed by atoms with van der Waals surface area (Å²) in [5.41, 5.74) is 0. The Labute approximate surface area is 61.7 Å². The minimum absolute atomic E-state index is 0.979. The number of hydrogen-bond acceptors (Lipinski definition) is 2. The van der Waals surface area contributed by atoms with E-state index in [2.05, 4.69) is 17.9 Å². The van der Waals surface area contributed by atoms with Gasteiger partial charge in [0.2, 0.25) is 0 Å². The molecule has 0 atom stereocenters. The van der Waals surface area contributed by atoms with E-state index in [0.717, 1.165) is 11.8 Å². The molecule has 0 aromatic carbocycles. The normalized spacial score (nSPS) is 34.0. The van der Waals surface area contributed by atoms with E-state index in [4.69, 9.17) is 0 Å². The predicted octanol–water partition coefficient (Wildman–Crippen LogP) is 1.90. The fraction of sp³-hybridized carbons (Fsp3) is 1.00. The maximum absolute atomic E-state index is 3.29. The van der Waals surface area contributed by atoms with Gasteiger partial charge in [0.15, 0.2) is 0 Å². The van der Waals surface area contributed by atoms with Crippen molar-refractivity contribution < 1.29 is 0 Å². The van der Waals surface area contributed by atoms with Gasteiger partial charge in [0.1, 0.15) is 0 Å². The van der Waals surface area contributed by atoms with Gasteiger partial charge >= 0.3 is 0 Å². The summed E-state index contributed by atoms with van der Waals surface area (Å²) >= 11 is 1.73. The highest BCUT2D eigenvalue weighted by Gasteiger charge is 2.24. The molecule has 9 heavy (non-hydrogen) atoms. The van der Waals surface area contributed by atoms with Gasteiger partial charge in [0.05, 0.1) is 0 Å². The minimum atomic E-state index is 0.979. The molecule has 1 rings (SSSR count). The highest BCUT2D eigenvalue weighted by molar-refractivity contribution is 7.96. The van der Waals surface area contributed by atoms with Crippen molar-refractivity contribution in [2.75, 3.05) is 12.8 Å². The monoisotopic (exact) mass is 145 g/mol. The molecule has 1 fully saturated rings. The summed E-state index contributed by atoms with van der Waals surface area (Å²) in [6, 6.07) is 0. The first-order valence-electron chi connectivity index (χ1n) is 3.58. The van der Waals surface area contributed by atoms with E-state index < -0.39 is 0 Å². The van der Waals surface area contributed by atoms with Crippen molar-refractivity contribution in [3.8, 4) is 0 Å². The lowest BCUT2D eigenvalue weighted by molar-refractivity contribution is 0.216. The Hall–Kier alpha value is 0.310. The van der Waals surface area contributed by atoms with Crippen LogP contribution in [0, 0.1) is 11.8 Å². The SMILES string of the molecule is CSNCC1CC(C)C1. The van der Waals surface area contributed by atoms with Crippen molar-refractivity contribution in [3.63, 3.8) is 0 Å². The Morgan fingerprint density at radius 2 is 2.22 bits per heavy atom. The van der Waals surface area contributed by atoms with Crippen LogP contribution in [-0.4, -0.2) is 12.8 Å². The first-order chi connectivity index (χ1) is 4.33. The van der Waals surface area contributed by atoms with Crippen molar-refractivity contribution >= 4 is 11.9 Å². The van der Waals surface area contributed by atoms with Gasteiger partial charge in [-0.15, -0.1) is 0 Å². The molecule has 0 unspecified atom stereocenters. The van der Waals surface area contributed by atoms with E-state index in [1.54, 1.807) is 11.9 Å². The van der Waals surface area contributed by atoms with Crippen molar-refractivity contribution in [2.24, 2.45) is 11.8 Å². The maximum Gasteiger partial charge on any atom is 0.00869 e. The molecule has 0 heterocycles. The van der Waals surface area contributed by atoms with Crippen LogP contribution in [0.1, 0.15) is 19.8 Å². The molecule has 0 aromatic heterocycles. The lowest BCUT2D eigenvalue weighted by atomic mass is 9.76. The van der Waals surface area contributed by atoms with Crippen LogP contribution in [0.3, 0.4) is 0 Å². The van der Waals surface area contributed by atoms with Gasteiger partial charge < -0.3 is 0 Å². The average Bonchev–Trinajstić information content (AvgIpc) is 1.78. The van der Waals surface area contributed by atoms with Crippen LogP contribution in [0.15, 0.2) is 0 Å². The molecule has 0 aliphatic heterocycles. The molecule has 1 saturated carbocycles. The Morgan fingerprint density at radius 3 is 2.67 bits per heavy atom. The van der Waals surface area contributed by atoms with E-state index in [1.807, 2.05) is 0 Å². The van der Waals surface area contributed by atoms with Gasteiger partial charge in [-0.05, 0) is 30.9 Å². The molecular weight excluding hydrogens is 130 g/mol. The summed E-state index contributed by atoms with van der Waals surface area (Å²) in [6.45, 7) is 3.54. The number of rotatable bonds is 3. The summed E-state index contributed by atoms with van der Waals surface area (Å²) in [5.74, 6) is 1.98. The van der Waals surface area contributed by atoms with E-state index in [0.29, 0.717) is 0 Å². The Morgan fingerprint density at radius 1 is 1.56 bits per heavy atom. The van der Waals surface area contributed by atoms with E-state index in [1.165, 1.54) is 19.4 Å². The first kappa shape index (κ1) is 7.42. The Kier molecular flexibility index (Phi) is 2.86. The van der Waals surface area contributed by atoms with Gasteiger partial charge in [0, 0.05) is 6.54 Å². The molecular formula is C7H15NS. The standard InChI is InChI=1S/C7H15NS/c1-6-3-7(4-6)5-8-9-2/h6-8H,3-5H2,1-2H3. The van der Waals surface area contributed by atoms with Gasteiger partial charge in [0.25, 0.3) is 0 Å². The smallest absolute Gasteiger partial charge is 0.00869 e. The van der Waals surface area contributed by atoms with Crippen LogP contribution in [0.4, 0.5) is 0 Å². The fourth-order valence-electron chi connectivity index (χ4n) is 1.44. The molecule has 0 saturated heterocycles. The lowest BCUT2D eigenvalue weighted by Gasteiger charge is -2.32. The largest absolute Gasteiger partial charge is 0.264 e. The molecule has 1 aliphatic rings. The van der Waals surface area contributed by atoms with E-state index in [-0.39, 0.29) is 0 Å². The third-order valence-electron chi connectivity index (χ3n) is 1.99. The van der Waals surface area contributed by atoms with E-state index in [9.17, 15) is 0 Å². The van der Waals surface area contributed by atoms with Crippen molar-refractivity contribution in [3.05, 3.63) is 0 Å². The average molecular weight is 145 g/mol. The van der Waals surface area contributed by atoms with E-state index >= 15 is 0 Å². The molecule has 0 radical (unpaired) electrons. The molecule has 1 aliphatic carbocycles. The molecule has 0 aromatic rings. The van der Waals surface area contributed by atoms with Crippen molar-refractivity contribution in [1.29, 1.82) is 0 Å². The van der Waals surface area contributed by atoms with Crippen LogP contribution in [0.25, 0.3) is 0 Å². The van der Waals surface area contributed by atoms with Crippen LogP contribution in [0.2, 0.25) is 0 Å². The van der Waals surface area contributed by atoms with Crippen molar-refractivity contribution in [1.82, 2.24) is 4.72 Å². The third kappa shape index (κ3) is 2.18. The summed E-state index contributed by atoms with van der Waals surface area (Å²) in [6.07, 6.45) is 4.96. The second kappa shape index (κ2) is 3.47. The van der Waals surface area contributed by atoms with Gasteiger partial charge in [-0.2, -0.15) is 0 Å². The highest BCUT2D eigenvalue weighted by atomic mass is 32.2. The molecule has 0 bridgehead atoms. The molecule has 1 nitrogen and oxygen atoms in total. The zero-order chi connectivity index (χ0) is 6.69. The molecule has 54 valence electrons. The fourth-order valence-corrected chi connectivity index (χ4v) is 1.84. The second-order valence-electron chi connectivity index (χ2n) is 3.00.